The van der Waals surface area contributed by atoms with E-state index in [1.54, 1.807) is 19.5 Å². The van der Waals surface area contributed by atoms with Crippen LogP contribution in [0.3, 0.4) is 0 Å². The van der Waals surface area contributed by atoms with E-state index in [0.29, 0.717) is 17.6 Å². The number of aromatic nitrogens is 2. The lowest BCUT2D eigenvalue weighted by molar-refractivity contribution is 0.178. The van der Waals surface area contributed by atoms with Gasteiger partial charge in [-0.1, -0.05) is 0 Å². The average molecular weight is 223 g/mol. The Morgan fingerprint density at radius 1 is 1.44 bits per heavy atom. The Bertz CT molecular complexity index is 329. The SMILES string of the molecule is COc1cnc(NCC2CCC(O)C2)nc1. The molecule has 2 atom stereocenters. The van der Waals surface area contributed by atoms with Crippen LogP contribution in [-0.2, 0) is 0 Å². The van der Waals surface area contributed by atoms with Gasteiger partial charge in [-0.05, 0) is 25.2 Å². The summed E-state index contributed by atoms with van der Waals surface area (Å²) in [6, 6.07) is 0. The molecule has 1 aromatic rings. The number of aliphatic hydroxyl groups excluding tert-OH is 1. The third kappa shape index (κ3) is 2.82. The van der Waals surface area contributed by atoms with Gasteiger partial charge >= 0.3 is 0 Å². The normalized spacial score (nSPS) is 24.4. The van der Waals surface area contributed by atoms with E-state index >= 15 is 0 Å². The van der Waals surface area contributed by atoms with Crippen LogP contribution in [0.5, 0.6) is 5.75 Å². The molecule has 0 aromatic carbocycles. The Morgan fingerprint density at radius 3 is 2.75 bits per heavy atom. The molecule has 1 heterocycles. The van der Waals surface area contributed by atoms with Crippen LogP contribution < -0.4 is 10.1 Å². The van der Waals surface area contributed by atoms with E-state index in [-0.39, 0.29) is 6.10 Å². The lowest BCUT2D eigenvalue weighted by Gasteiger charge is -2.10. The number of anilines is 1. The molecule has 0 spiro atoms. The van der Waals surface area contributed by atoms with E-state index in [4.69, 9.17) is 4.74 Å². The summed E-state index contributed by atoms with van der Waals surface area (Å²) in [6.07, 6.45) is 6.02. The minimum Gasteiger partial charge on any atom is -0.494 e. The van der Waals surface area contributed by atoms with E-state index in [9.17, 15) is 5.11 Å². The van der Waals surface area contributed by atoms with Gasteiger partial charge < -0.3 is 15.2 Å². The molecular weight excluding hydrogens is 206 g/mol. The molecule has 88 valence electrons. The zero-order valence-electron chi connectivity index (χ0n) is 9.39. The molecule has 2 unspecified atom stereocenters. The molecular formula is C11H17N3O2. The average Bonchev–Trinajstić information content (AvgIpc) is 2.73. The van der Waals surface area contributed by atoms with Crippen LogP contribution in [0.1, 0.15) is 19.3 Å². The van der Waals surface area contributed by atoms with Gasteiger partial charge in [0.25, 0.3) is 0 Å². The van der Waals surface area contributed by atoms with Crippen molar-refractivity contribution in [2.75, 3.05) is 19.0 Å². The van der Waals surface area contributed by atoms with Gasteiger partial charge in [0, 0.05) is 6.54 Å². The summed E-state index contributed by atoms with van der Waals surface area (Å²) in [5.74, 6) is 1.80. The standard InChI is InChI=1S/C11H17N3O2/c1-16-10-6-13-11(14-7-10)12-5-8-2-3-9(15)4-8/h6-9,15H,2-5H2,1H3,(H,12,13,14). The summed E-state index contributed by atoms with van der Waals surface area (Å²) in [5, 5.41) is 12.6. The minimum atomic E-state index is -0.122. The first-order valence-corrected chi connectivity index (χ1v) is 5.56. The molecule has 2 rings (SSSR count). The topological polar surface area (TPSA) is 67.3 Å². The van der Waals surface area contributed by atoms with Crippen molar-refractivity contribution in [3.63, 3.8) is 0 Å². The Labute approximate surface area is 94.9 Å². The predicted molar refractivity (Wildman–Crippen MR) is 60.4 cm³/mol. The molecule has 1 aromatic heterocycles. The fraction of sp³-hybridized carbons (Fsp3) is 0.636. The highest BCUT2D eigenvalue weighted by atomic mass is 16.5. The van der Waals surface area contributed by atoms with Crippen molar-refractivity contribution in [2.24, 2.45) is 5.92 Å². The number of methoxy groups -OCH3 is 1. The zero-order chi connectivity index (χ0) is 11.4. The highest BCUT2D eigenvalue weighted by Crippen LogP contribution is 2.25. The van der Waals surface area contributed by atoms with Crippen LogP contribution >= 0.6 is 0 Å². The summed E-state index contributed by atoms with van der Waals surface area (Å²) in [5.41, 5.74) is 0. The number of hydrogen-bond acceptors (Lipinski definition) is 5. The van der Waals surface area contributed by atoms with Gasteiger partial charge in [-0.2, -0.15) is 0 Å². The van der Waals surface area contributed by atoms with Crippen molar-refractivity contribution in [3.05, 3.63) is 12.4 Å². The van der Waals surface area contributed by atoms with Gasteiger partial charge in [-0.25, -0.2) is 9.97 Å². The van der Waals surface area contributed by atoms with Crippen LogP contribution in [0.15, 0.2) is 12.4 Å². The molecule has 5 heteroatoms. The molecule has 1 saturated carbocycles. The van der Waals surface area contributed by atoms with Crippen LogP contribution in [0.25, 0.3) is 0 Å². The predicted octanol–water partition coefficient (Wildman–Crippen LogP) is 1.06. The summed E-state index contributed by atoms with van der Waals surface area (Å²) in [7, 11) is 1.59. The van der Waals surface area contributed by atoms with Crippen molar-refractivity contribution in [1.82, 2.24) is 9.97 Å². The van der Waals surface area contributed by atoms with Crippen molar-refractivity contribution < 1.29 is 9.84 Å². The Hall–Kier alpha value is -1.36. The van der Waals surface area contributed by atoms with E-state index < -0.39 is 0 Å². The first-order chi connectivity index (χ1) is 7.78. The molecule has 1 aliphatic carbocycles. The Kier molecular flexibility index (Phi) is 3.56. The maximum absolute atomic E-state index is 9.39. The quantitative estimate of drug-likeness (QED) is 0.798. The highest BCUT2D eigenvalue weighted by molar-refractivity contribution is 5.26. The maximum Gasteiger partial charge on any atom is 0.222 e. The molecule has 0 bridgehead atoms. The number of hydrogen-bond donors (Lipinski definition) is 2. The highest BCUT2D eigenvalue weighted by Gasteiger charge is 2.22. The van der Waals surface area contributed by atoms with Crippen molar-refractivity contribution in [2.45, 2.75) is 25.4 Å². The van der Waals surface area contributed by atoms with E-state index in [1.165, 1.54) is 0 Å². The first-order valence-electron chi connectivity index (χ1n) is 5.56. The Balaban J connectivity index is 1.80. The van der Waals surface area contributed by atoms with Crippen molar-refractivity contribution in [1.29, 1.82) is 0 Å². The third-order valence-corrected chi connectivity index (χ3v) is 2.93. The summed E-state index contributed by atoms with van der Waals surface area (Å²) in [6.45, 7) is 0.823. The number of nitrogens with zero attached hydrogens (tertiary/aromatic N) is 2. The summed E-state index contributed by atoms with van der Waals surface area (Å²) in [4.78, 5) is 8.24. The second kappa shape index (κ2) is 5.12. The zero-order valence-corrected chi connectivity index (χ0v) is 9.39. The molecule has 5 nitrogen and oxygen atoms in total. The van der Waals surface area contributed by atoms with Gasteiger partial charge in [0.1, 0.15) is 0 Å². The number of aliphatic hydroxyl groups is 1. The molecule has 1 aliphatic rings. The first kappa shape index (κ1) is 11.1. The maximum atomic E-state index is 9.39. The van der Waals surface area contributed by atoms with Crippen molar-refractivity contribution in [3.8, 4) is 5.75 Å². The number of nitrogens with one attached hydrogen (secondary N) is 1. The van der Waals surface area contributed by atoms with Crippen LogP contribution in [-0.4, -0.2) is 34.8 Å². The second-order valence-electron chi connectivity index (χ2n) is 4.16. The van der Waals surface area contributed by atoms with Gasteiger partial charge in [-0.3, -0.25) is 0 Å². The fourth-order valence-corrected chi connectivity index (χ4v) is 1.98. The van der Waals surface area contributed by atoms with Gasteiger partial charge in [0.15, 0.2) is 5.75 Å². The molecule has 0 amide bonds. The van der Waals surface area contributed by atoms with E-state index in [2.05, 4.69) is 15.3 Å². The van der Waals surface area contributed by atoms with Gasteiger partial charge in [-0.15, -0.1) is 0 Å². The molecule has 16 heavy (non-hydrogen) atoms. The van der Waals surface area contributed by atoms with E-state index in [1.807, 2.05) is 0 Å². The Morgan fingerprint density at radius 2 is 2.19 bits per heavy atom. The third-order valence-electron chi connectivity index (χ3n) is 2.93. The summed E-state index contributed by atoms with van der Waals surface area (Å²) >= 11 is 0. The molecule has 0 radical (unpaired) electrons. The molecule has 0 saturated heterocycles. The van der Waals surface area contributed by atoms with Crippen LogP contribution in [0.2, 0.25) is 0 Å². The molecule has 0 aliphatic heterocycles. The van der Waals surface area contributed by atoms with Gasteiger partial charge in [0.2, 0.25) is 5.95 Å². The fourth-order valence-electron chi connectivity index (χ4n) is 1.98. The van der Waals surface area contributed by atoms with Gasteiger partial charge in [0.05, 0.1) is 25.6 Å². The molecule has 2 N–H and O–H groups in total. The lowest BCUT2D eigenvalue weighted by atomic mass is 10.1. The lowest BCUT2D eigenvalue weighted by Crippen LogP contribution is -2.14. The minimum absolute atomic E-state index is 0.122. The molecule has 1 fully saturated rings. The van der Waals surface area contributed by atoms with Crippen molar-refractivity contribution >= 4 is 5.95 Å². The monoisotopic (exact) mass is 223 g/mol. The van der Waals surface area contributed by atoms with E-state index in [0.717, 1.165) is 25.8 Å². The largest absolute Gasteiger partial charge is 0.494 e. The smallest absolute Gasteiger partial charge is 0.222 e. The van der Waals surface area contributed by atoms with Crippen LogP contribution in [0.4, 0.5) is 5.95 Å². The number of ether oxygens (including phenoxy) is 1. The number of rotatable bonds is 4. The second-order valence-corrected chi connectivity index (χ2v) is 4.16. The van der Waals surface area contributed by atoms with Crippen LogP contribution in [0, 0.1) is 5.92 Å². The summed E-state index contributed by atoms with van der Waals surface area (Å²) < 4.78 is 4.98.